The van der Waals surface area contributed by atoms with Crippen molar-refractivity contribution >= 4 is 0 Å². The lowest BCUT2D eigenvalue weighted by molar-refractivity contribution is 0.0915. The van der Waals surface area contributed by atoms with E-state index in [-0.39, 0.29) is 12.0 Å². The SMILES string of the molecule is CC(CN1CCC(C(C)(C)C)C1)C(O)c1ccccc1. The van der Waals surface area contributed by atoms with E-state index in [2.05, 4.69) is 32.6 Å². The largest absolute Gasteiger partial charge is 0.388 e. The second-order valence-electron chi connectivity index (χ2n) is 7.44. The molecule has 3 unspecified atom stereocenters. The third-order valence-corrected chi connectivity index (χ3v) is 4.72. The molecule has 1 N–H and O–H groups in total. The molecule has 0 aromatic heterocycles. The average Bonchev–Trinajstić information content (AvgIpc) is 2.87. The van der Waals surface area contributed by atoms with Gasteiger partial charge in [-0.15, -0.1) is 0 Å². The molecule has 0 aliphatic carbocycles. The maximum Gasteiger partial charge on any atom is 0.0827 e. The standard InChI is InChI=1S/C18H29NO/c1-14(17(20)15-8-6-5-7-9-15)12-19-11-10-16(13-19)18(2,3)4/h5-9,14,16-17,20H,10-13H2,1-4H3. The molecule has 1 aromatic rings. The minimum absolute atomic E-state index is 0.274. The highest BCUT2D eigenvalue weighted by Crippen LogP contribution is 2.34. The summed E-state index contributed by atoms with van der Waals surface area (Å²) in [5, 5.41) is 10.4. The first-order valence-electron chi connectivity index (χ1n) is 7.83. The Kier molecular flexibility index (Phi) is 4.87. The van der Waals surface area contributed by atoms with Crippen molar-refractivity contribution in [1.29, 1.82) is 0 Å². The second kappa shape index (κ2) is 6.28. The minimum Gasteiger partial charge on any atom is -0.388 e. The van der Waals surface area contributed by atoms with Crippen LogP contribution >= 0.6 is 0 Å². The van der Waals surface area contributed by atoms with Crippen LogP contribution in [-0.2, 0) is 0 Å². The molecule has 112 valence electrons. The number of rotatable bonds is 4. The Labute approximate surface area is 123 Å². The van der Waals surface area contributed by atoms with Gasteiger partial charge < -0.3 is 10.0 Å². The molecule has 1 heterocycles. The molecule has 1 aliphatic rings. The highest BCUT2D eigenvalue weighted by atomic mass is 16.3. The summed E-state index contributed by atoms with van der Waals surface area (Å²) in [5.41, 5.74) is 1.43. The molecule has 2 rings (SSSR count). The van der Waals surface area contributed by atoms with E-state index >= 15 is 0 Å². The Morgan fingerprint density at radius 1 is 1.25 bits per heavy atom. The van der Waals surface area contributed by atoms with Gasteiger partial charge in [0.15, 0.2) is 0 Å². The minimum atomic E-state index is -0.357. The summed E-state index contributed by atoms with van der Waals surface area (Å²) in [7, 11) is 0. The molecule has 0 radical (unpaired) electrons. The lowest BCUT2D eigenvalue weighted by atomic mass is 9.80. The van der Waals surface area contributed by atoms with Gasteiger partial charge >= 0.3 is 0 Å². The summed E-state index contributed by atoms with van der Waals surface area (Å²) < 4.78 is 0. The van der Waals surface area contributed by atoms with Crippen molar-refractivity contribution in [2.45, 2.75) is 40.2 Å². The van der Waals surface area contributed by atoms with Crippen molar-refractivity contribution in [1.82, 2.24) is 4.90 Å². The molecule has 0 bridgehead atoms. The Bertz CT molecular complexity index is 409. The Hall–Kier alpha value is -0.860. The van der Waals surface area contributed by atoms with Crippen LogP contribution < -0.4 is 0 Å². The van der Waals surface area contributed by atoms with E-state index in [1.54, 1.807) is 0 Å². The highest BCUT2D eigenvalue weighted by molar-refractivity contribution is 5.17. The van der Waals surface area contributed by atoms with Gasteiger partial charge in [-0.25, -0.2) is 0 Å². The zero-order valence-corrected chi connectivity index (χ0v) is 13.3. The molecule has 20 heavy (non-hydrogen) atoms. The summed E-state index contributed by atoms with van der Waals surface area (Å²) in [4.78, 5) is 2.52. The lowest BCUT2D eigenvalue weighted by Gasteiger charge is -2.29. The molecule has 1 fully saturated rings. The molecule has 1 saturated heterocycles. The van der Waals surface area contributed by atoms with Crippen LogP contribution in [0.25, 0.3) is 0 Å². The molecule has 3 atom stereocenters. The smallest absolute Gasteiger partial charge is 0.0827 e. The molecular formula is C18H29NO. The molecule has 0 spiro atoms. The number of nitrogens with zero attached hydrogens (tertiary/aromatic N) is 1. The van der Waals surface area contributed by atoms with Crippen LogP contribution in [0.15, 0.2) is 30.3 Å². The maximum absolute atomic E-state index is 10.4. The molecule has 0 amide bonds. The maximum atomic E-state index is 10.4. The molecule has 0 saturated carbocycles. The van der Waals surface area contributed by atoms with E-state index in [1.165, 1.54) is 19.5 Å². The van der Waals surface area contributed by atoms with E-state index in [0.29, 0.717) is 5.41 Å². The first-order chi connectivity index (χ1) is 9.38. The van der Waals surface area contributed by atoms with Crippen molar-refractivity contribution < 1.29 is 5.11 Å². The van der Waals surface area contributed by atoms with Crippen LogP contribution in [-0.4, -0.2) is 29.6 Å². The Balaban J connectivity index is 1.88. The van der Waals surface area contributed by atoms with Crippen LogP contribution in [0.5, 0.6) is 0 Å². The average molecular weight is 275 g/mol. The lowest BCUT2D eigenvalue weighted by Crippen LogP contribution is -2.31. The van der Waals surface area contributed by atoms with Crippen molar-refractivity contribution in [3.63, 3.8) is 0 Å². The van der Waals surface area contributed by atoms with Gasteiger partial charge in [0.25, 0.3) is 0 Å². The van der Waals surface area contributed by atoms with Gasteiger partial charge in [-0.2, -0.15) is 0 Å². The van der Waals surface area contributed by atoms with Crippen LogP contribution in [0, 0.1) is 17.3 Å². The van der Waals surface area contributed by atoms with E-state index in [4.69, 9.17) is 0 Å². The third kappa shape index (κ3) is 3.83. The van der Waals surface area contributed by atoms with Crippen LogP contribution in [0.2, 0.25) is 0 Å². The van der Waals surface area contributed by atoms with E-state index in [0.717, 1.165) is 18.0 Å². The van der Waals surface area contributed by atoms with Crippen LogP contribution in [0.1, 0.15) is 45.8 Å². The summed E-state index contributed by atoms with van der Waals surface area (Å²) in [6.45, 7) is 12.5. The fourth-order valence-corrected chi connectivity index (χ4v) is 3.19. The van der Waals surface area contributed by atoms with Gasteiger partial charge in [0.05, 0.1) is 6.10 Å². The second-order valence-corrected chi connectivity index (χ2v) is 7.44. The van der Waals surface area contributed by atoms with Crippen molar-refractivity contribution in [2.75, 3.05) is 19.6 Å². The molecule has 2 heteroatoms. The highest BCUT2D eigenvalue weighted by Gasteiger charge is 2.32. The van der Waals surface area contributed by atoms with Gasteiger partial charge in [0.2, 0.25) is 0 Å². The van der Waals surface area contributed by atoms with Crippen LogP contribution in [0.4, 0.5) is 0 Å². The van der Waals surface area contributed by atoms with E-state index in [9.17, 15) is 5.11 Å². The number of aliphatic hydroxyl groups is 1. The fourth-order valence-electron chi connectivity index (χ4n) is 3.19. The van der Waals surface area contributed by atoms with Gasteiger partial charge in [-0.05, 0) is 35.8 Å². The predicted octanol–water partition coefficient (Wildman–Crippen LogP) is 3.72. The van der Waals surface area contributed by atoms with Gasteiger partial charge in [-0.3, -0.25) is 0 Å². The normalized spacial score (nSPS) is 23.8. The Morgan fingerprint density at radius 3 is 2.45 bits per heavy atom. The number of hydrogen-bond acceptors (Lipinski definition) is 2. The monoisotopic (exact) mass is 275 g/mol. The van der Waals surface area contributed by atoms with Crippen molar-refractivity contribution in [3.05, 3.63) is 35.9 Å². The zero-order chi connectivity index (χ0) is 14.8. The summed E-state index contributed by atoms with van der Waals surface area (Å²) in [6, 6.07) is 10.0. The summed E-state index contributed by atoms with van der Waals surface area (Å²) in [5.74, 6) is 1.06. The number of aliphatic hydroxyl groups excluding tert-OH is 1. The predicted molar refractivity (Wildman–Crippen MR) is 84.6 cm³/mol. The molecular weight excluding hydrogens is 246 g/mol. The van der Waals surface area contributed by atoms with Crippen LogP contribution in [0.3, 0.4) is 0 Å². The molecule has 2 nitrogen and oxygen atoms in total. The van der Waals surface area contributed by atoms with Gasteiger partial charge in [0, 0.05) is 13.1 Å². The molecule has 1 aromatic carbocycles. The molecule has 1 aliphatic heterocycles. The topological polar surface area (TPSA) is 23.5 Å². The van der Waals surface area contributed by atoms with Gasteiger partial charge in [-0.1, -0.05) is 58.0 Å². The van der Waals surface area contributed by atoms with E-state index < -0.39 is 0 Å². The quantitative estimate of drug-likeness (QED) is 0.905. The van der Waals surface area contributed by atoms with Crippen molar-refractivity contribution in [3.8, 4) is 0 Å². The fraction of sp³-hybridized carbons (Fsp3) is 0.667. The number of benzene rings is 1. The van der Waals surface area contributed by atoms with Gasteiger partial charge in [0.1, 0.15) is 0 Å². The van der Waals surface area contributed by atoms with E-state index in [1.807, 2.05) is 30.3 Å². The first-order valence-corrected chi connectivity index (χ1v) is 7.83. The Morgan fingerprint density at radius 2 is 1.90 bits per heavy atom. The first kappa shape index (κ1) is 15.5. The third-order valence-electron chi connectivity index (χ3n) is 4.72. The van der Waals surface area contributed by atoms with Crippen molar-refractivity contribution in [2.24, 2.45) is 17.3 Å². The zero-order valence-electron chi connectivity index (χ0n) is 13.3. The summed E-state index contributed by atoms with van der Waals surface area (Å²) in [6.07, 6.45) is 0.933. The number of hydrogen-bond donors (Lipinski definition) is 1. The number of likely N-dealkylation sites (tertiary alicyclic amines) is 1. The summed E-state index contributed by atoms with van der Waals surface area (Å²) >= 11 is 0.